The van der Waals surface area contributed by atoms with Crippen molar-refractivity contribution in [2.75, 3.05) is 6.54 Å². The summed E-state index contributed by atoms with van der Waals surface area (Å²) in [5.74, 6) is 1.96. The second kappa shape index (κ2) is 9.82. The molecule has 0 aromatic carbocycles. The Bertz CT molecular complexity index is 226. The van der Waals surface area contributed by atoms with Crippen LogP contribution in [0.4, 0.5) is 0 Å². The maximum Gasteiger partial charge on any atom is 0.00671 e. The standard InChI is InChI=1S/C19H37N/c1-17-13-14-18(15-17)16-20-19-11-9-7-5-3-2-4-6-8-10-12-19/h17-20H,2-16H2,1H3. The lowest BCUT2D eigenvalue weighted by molar-refractivity contribution is 0.369. The molecule has 0 radical (unpaired) electrons. The number of rotatable bonds is 3. The Morgan fingerprint density at radius 2 is 1.25 bits per heavy atom. The Labute approximate surface area is 127 Å². The van der Waals surface area contributed by atoms with Gasteiger partial charge in [0.25, 0.3) is 0 Å². The molecule has 118 valence electrons. The third kappa shape index (κ3) is 6.61. The molecule has 0 aromatic rings. The molecule has 1 N–H and O–H groups in total. The fourth-order valence-electron chi connectivity index (χ4n) is 4.21. The third-order valence-electron chi connectivity index (χ3n) is 5.60. The van der Waals surface area contributed by atoms with Gasteiger partial charge in [-0.3, -0.25) is 0 Å². The van der Waals surface area contributed by atoms with Gasteiger partial charge in [-0.1, -0.05) is 71.1 Å². The zero-order valence-electron chi connectivity index (χ0n) is 13.8. The topological polar surface area (TPSA) is 12.0 Å². The first-order valence-electron chi connectivity index (χ1n) is 9.58. The Morgan fingerprint density at radius 3 is 1.75 bits per heavy atom. The summed E-state index contributed by atoms with van der Waals surface area (Å²) in [6.07, 6.45) is 20.5. The highest BCUT2D eigenvalue weighted by molar-refractivity contribution is 4.77. The average molecular weight is 280 g/mol. The van der Waals surface area contributed by atoms with E-state index in [0.29, 0.717) is 0 Å². The molecule has 0 bridgehead atoms. The molecule has 2 aliphatic carbocycles. The first-order chi connectivity index (χ1) is 9.84. The van der Waals surface area contributed by atoms with Crippen LogP contribution in [-0.2, 0) is 0 Å². The van der Waals surface area contributed by atoms with Crippen molar-refractivity contribution in [3.8, 4) is 0 Å². The van der Waals surface area contributed by atoms with E-state index >= 15 is 0 Å². The summed E-state index contributed by atoms with van der Waals surface area (Å²) in [6.45, 7) is 3.73. The maximum absolute atomic E-state index is 3.94. The molecule has 2 aliphatic rings. The van der Waals surface area contributed by atoms with Crippen LogP contribution in [0.3, 0.4) is 0 Å². The van der Waals surface area contributed by atoms with E-state index in [1.54, 1.807) is 0 Å². The van der Waals surface area contributed by atoms with Gasteiger partial charge < -0.3 is 5.32 Å². The molecule has 2 saturated carbocycles. The molecule has 2 rings (SSSR count). The van der Waals surface area contributed by atoms with Crippen LogP contribution in [0.5, 0.6) is 0 Å². The summed E-state index contributed by atoms with van der Waals surface area (Å²) >= 11 is 0. The van der Waals surface area contributed by atoms with E-state index in [1.807, 2.05) is 0 Å². The molecule has 20 heavy (non-hydrogen) atoms. The van der Waals surface area contributed by atoms with Crippen LogP contribution in [0, 0.1) is 11.8 Å². The molecule has 0 amide bonds. The first-order valence-corrected chi connectivity index (χ1v) is 9.58. The molecule has 0 aliphatic heterocycles. The minimum atomic E-state index is 0.824. The molecule has 0 spiro atoms. The van der Waals surface area contributed by atoms with Crippen LogP contribution in [-0.4, -0.2) is 12.6 Å². The summed E-state index contributed by atoms with van der Waals surface area (Å²) in [6, 6.07) is 0.824. The number of nitrogens with one attached hydrogen (secondary N) is 1. The van der Waals surface area contributed by atoms with E-state index in [0.717, 1.165) is 17.9 Å². The van der Waals surface area contributed by atoms with Crippen molar-refractivity contribution in [3.63, 3.8) is 0 Å². The Balaban J connectivity index is 1.66. The van der Waals surface area contributed by atoms with Crippen molar-refractivity contribution in [2.45, 2.75) is 103 Å². The monoisotopic (exact) mass is 279 g/mol. The van der Waals surface area contributed by atoms with Crippen LogP contribution in [0.2, 0.25) is 0 Å². The van der Waals surface area contributed by atoms with Gasteiger partial charge in [0.2, 0.25) is 0 Å². The lowest BCUT2D eigenvalue weighted by atomic mass is 9.97. The summed E-state index contributed by atoms with van der Waals surface area (Å²) in [5, 5.41) is 3.94. The molecule has 0 heterocycles. The summed E-state index contributed by atoms with van der Waals surface area (Å²) in [4.78, 5) is 0. The van der Waals surface area contributed by atoms with Crippen molar-refractivity contribution < 1.29 is 0 Å². The minimum Gasteiger partial charge on any atom is -0.314 e. The molecule has 1 nitrogen and oxygen atoms in total. The largest absolute Gasteiger partial charge is 0.314 e. The third-order valence-corrected chi connectivity index (χ3v) is 5.60. The van der Waals surface area contributed by atoms with Crippen LogP contribution in [0.25, 0.3) is 0 Å². The molecule has 0 aromatic heterocycles. The minimum absolute atomic E-state index is 0.824. The van der Waals surface area contributed by atoms with Crippen molar-refractivity contribution in [2.24, 2.45) is 11.8 Å². The van der Waals surface area contributed by atoms with Crippen LogP contribution >= 0.6 is 0 Å². The second-order valence-corrected chi connectivity index (χ2v) is 7.65. The smallest absolute Gasteiger partial charge is 0.00671 e. The van der Waals surface area contributed by atoms with Gasteiger partial charge in [0, 0.05) is 6.04 Å². The van der Waals surface area contributed by atoms with E-state index in [4.69, 9.17) is 0 Å². The van der Waals surface area contributed by atoms with E-state index in [1.165, 1.54) is 96.4 Å². The Kier molecular flexibility index (Phi) is 8.02. The van der Waals surface area contributed by atoms with Gasteiger partial charge in [-0.25, -0.2) is 0 Å². The van der Waals surface area contributed by atoms with Gasteiger partial charge in [-0.05, 0) is 44.1 Å². The van der Waals surface area contributed by atoms with Crippen molar-refractivity contribution in [1.29, 1.82) is 0 Å². The van der Waals surface area contributed by atoms with Crippen LogP contribution < -0.4 is 5.32 Å². The van der Waals surface area contributed by atoms with Gasteiger partial charge in [-0.2, -0.15) is 0 Å². The maximum atomic E-state index is 3.94. The molecular formula is C19H37N. The molecule has 2 unspecified atom stereocenters. The van der Waals surface area contributed by atoms with Gasteiger partial charge in [0.1, 0.15) is 0 Å². The summed E-state index contributed by atoms with van der Waals surface area (Å²) < 4.78 is 0. The highest BCUT2D eigenvalue weighted by Gasteiger charge is 2.21. The normalized spacial score (nSPS) is 31.6. The van der Waals surface area contributed by atoms with Crippen molar-refractivity contribution >= 4 is 0 Å². The van der Waals surface area contributed by atoms with E-state index < -0.39 is 0 Å². The number of hydrogen-bond acceptors (Lipinski definition) is 1. The van der Waals surface area contributed by atoms with E-state index in [-0.39, 0.29) is 0 Å². The Hall–Kier alpha value is -0.0400. The fourth-order valence-corrected chi connectivity index (χ4v) is 4.21. The predicted octanol–water partition coefficient (Wildman–Crippen LogP) is 5.69. The quantitative estimate of drug-likeness (QED) is 0.700. The zero-order valence-corrected chi connectivity index (χ0v) is 13.8. The van der Waals surface area contributed by atoms with Crippen LogP contribution in [0.15, 0.2) is 0 Å². The highest BCUT2D eigenvalue weighted by Crippen LogP contribution is 2.30. The van der Waals surface area contributed by atoms with Gasteiger partial charge >= 0.3 is 0 Å². The predicted molar refractivity (Wildman–Crippen MR) is 89.1 cm³/mol. The Morgan fingerprint density at radius 1 is 0.700 bits per heavy atom. The molecule has 1 heteroatoms. The van der Waals surface area contributed by atoms with Crippen molar-refractivity contribution in [1.82, 2.24) is 5.32 Å². The lowest BCUT2D eigenvalue weighted by Crippen LogP contribution is -2.33. The molecule has 0 saturated heterocycles. The van der Waals surface area contributed by atoms with E-state index in [9.17, 15) is 0 Å². The lowest BCUT2D eigenvalue weighted by Gasteiger charge is -2.22. The second-order valence-electron chi connectivity index (χ2n) is 7.65. The molecule has 2 fully saturated rings. The van der Waals surface area contributed by atoms with Gasteiger partial charge in [-0.15, -0.1) is 0 Å². The highest BCUT2D eigenvalue weighted by atomic mass is 14.9. The fraction of sp³-hybridized carbons (Fsp3) is 1.00. The summed E-state index contributed by atoms with van der Waals surface area (Å²) in [7, 11) is 0. The SMILES string of the molecule is CC1CCC(CNC2CCCCCCCCCCC2)C1. The van der Waals surface area contributed by atoms with Crippen molar-refractivity contribution in [3.05, 3.63) is 0 Å². The number of hydrogen-bond donors (Lipinski definition) is 1. The zero-order chi connectivity index (χ0) is 14.0. The van der Waals surface area contributed by atoms with Gasteiger partial charge in [0.05, 0.1) is 0 Å². The molecule has 2 atom stereocenters. The molecular weight excluding hydrogens is 242 g/mol. The van der Waals surface area contributed by atoms with Gasteiger partial charge in [0.15, 0.2) is 0 Å². The average Bonchev–Trinajstić information content (AvgIpc) is 2.84. The van der Waals surface area contributed by atoms with Crippen LogP contribution in [0.1, 0.15) is 96.8 Å². The summed E-state index contributed by atoms with van der Waals surface area (Å²) in [5.41, 5.74) is 0. The van der Waals surface area contributed by atoms with E-state index in [2.05, 4.69) is 12.2 Å². The first kappa shape index (κ1) is 16.3.